The molecule has 3 N–H and O–H groups in total. The number of hydrogen-bond donors (Lipinski definition) is 3. The summed E-state index contributed by atoms with van der Waals surface area (Å²) in [7, 11) is 1.72. The molecule has 0 unspecified atom stereocenters. The molecule has 0 radical (unpaired) electrons. The van der Waals surface area contributed by atoms with Gasteiger partial charge in [0, 0.05) is 55.4 Å². The van der Waals surface area contributed by atoms with Gasteiger partial charge in [0.1, 0.15) is 0 Å². The average molecular weight is 525 g/mol. The molecule has 1 amide bonds. The number of allylic oxidation sites excluding steroid dienone is 1. The molecule has 0 atom stereocenters. The lowest BCUT2D eigenvalue weighted by Gasteiger charge is -2.47. The zero-order valence-electron chi connectivity index (χ0n) is 21.2. The van der Waals surface area contributed by atoms with Crippen LogP contribution < -0.4 is 16.0 Å². The number of aromatic nitrogens is 3. The van der Waals surface area contributed by atoms with Crippen molar-refractivity contribution in [2.24, 2.45) is 12.5 Å². The second-order valence-electron chi connectivity index (χ2n) is 10.3. The maximum Gasteiger partial charge on any atom is 0.417 e. The summed E-state index contributed by atoms with van der Waals surface area (Å²) in [5, 5.41) is 14.7. The molecule has 3 aromatic rings. The van der Waals surface area contributed by atoms with Crippen LogP contribution in [0.15, 0.2) is 49.3 Å². The number of anilines is 1. The van der Waals surface area contributed by atoms with Crippen molar-refractivity contribution in [3.8, 4) is 0 Å². The Morgan fingerprint density at radius 3 is 2.66 bits per heavy atom. The fraction of sp³-hybridized carbons (Fsp3) is 0.393. The molecular weight excluding hydrogens is 493 g/mol. The molecule has 3 heterocycles. The number of fused-ring (bicyclic) bond motifs is 1. The molecule has 5 rings (SSSR count). The molecule has 38 heavy (non-hydrogen) atoms. The highest BCUT2D eigenvalue weighted by Crippen LogP contribution is 2.41. The fourth-order valence-corrected chi connectivity index (χ4v) is 5.27. The molecule has 1 aliphatic carbocycles. The molecule has 200 valence electrons. The monoisotopic (exact) mass is 524 g/mol. The van der Waals surface area contributed by atoms with Gasteiger partial charge in [0.25, 0.3) is 5.91 Å². The van der Waals surface area contributed by atoms with E-state index < -0.39 is 11.7 Å². The summed E-state index contributed by atoms with van der Waals surface area (Å²) in [4.78, 5) is 16.5. The largest absolute Gasteiger partial charge is 0.417 e. The Hall–Kier alpha value is -3.66. The van der Waals surface area contributed by atoms with Crippen molar-refractivity contribution >= 4 is 34.0 Å². The van der Waals surface area contributed by atoms with Gasteiger partial charge in [-0.05, 0) is 49.3 Å². The van der Waals surface area contributed by atoms with Gasteiger partial charge in [0.05, 0.1) is 28.7 Å². The third-order valence-corrected chi connectivity index (χ3v) is 7.56. The number of alkyl halides is 3. The molecule has 10 heteroatoms. The summed E-state index contributed by atoms with van der Waals surface area (Å²) in [6, 6.07) is 7.35. The Kier molecular flexibility index (Phi) is 7.00. The third-order valence-electron chi connectivity index (χ3n) is 7.56. The van der Waals surface area contributed by atoms with Gasteiger partial charge in [-0.15, -0.1) is 0 Å². The average Bonchev–Trinajstić information content (AvgIpc) is 3.31. The standard InChI is InChI=1S/C28H31F3N6O/c1-18(28(29,30)31)25-22-6-3-7-24(35-20-8-10-27(11-9-20)16-32-17-27)23(22)13-21(36-25)5-4-12-33-26(38)19-14-34-37(2)15-19/h3-7,13-15,20,32,35H,1,8-12,16-17H2,2H3,(H,33,38)/b5-4+. The minimum absolute atomic E-state index is 0.182. The quantitative estimate of drug-likeness (QED) is 0.408. The van der Waals surface area contributed by atoms with Gasteiger partial charge >= 0.3 is 6.18 Å². The molecule has 2 aromatic heterocycles. The van der Waals surface area contributed by atoms with Crippen LogP contribution in [0.4, 0.5) is 18.9 Å². The van der Waals surface area contributed by atoms with E-state index in [4.69, 9.17) is 0 Å². The Morgan fingerprint density at radius 2 is 2.03 bits per heavy atom. The first kappa shape index (κ1) is 26.0. The number of amides is 1. The highest BCUT2D eigenvalue weighted by Gasteiger charge is 2.40. The smallest absolute Gasteiger partial charge is 0.382 e. The molecule has 1 spiro atoms. The lowest BCUT2D eigenvalue weighted by molar-refractivity contribution is -0.0688. The second-order valence-corrected chi connectivity index (χ2v) is 10.3. The molecule has 7 nitrogen and oxygen atoms in total. The zero-order chi connectivity index (χ0) is 26.9. The topological polar surface area (TPSA) is 83.9 Å². The number of rotatable bonds is 7. The number of carbonyl (C=O) groups excluding carboxylic acids is 1. The summed E-state index contributed by atoms with van der Waals surface area (Å²) in [6.07, 6.45) is 6.04. The number of halogens is 3. The van der Waals surface area contributed by atoms with E-state index in [0.717, 1.165) is 44.5 Å². The van der Waals surface area contributed by atoms with Crippen LogP contribution in [-0.2, 0) is 7.05 Å². The lowest BCUT2D eigenvalue weighted by Crippen LogP contribution is -2.55. The number of carbonyl (C=O) groups is 1. The SMILES string of the molecule is C=C(c1nc(/C=C/CNC(=O)c2cnn(C)c2)cc2c(NC3CCC4(CC3)CNC4)cccc12)C(F)(F)F. The summed E-state index contributed by atoms with van der Waals surface area (Å²) < 4.78 is 42.6. The highest BCUT2D eigenvalue weighted by molar-refractivity contribution is 6.01. The van der Waals surface area contributed by atoms with Crippen molar-refractivity contribution in [3.05, 3.63) is 66.3 Å². The van der Waals surface area contributed by atoms with E-state index in [1.54, 1.807) is 43.6 Å². The van der Waals surface area contributed by atoms with Gasteiger partial charge in [0.15, 0.2) is 0 Å². The van der Waals surface area contributed by atoms with Gasteiger partial charge in [-0.2, -0.15) is 18.3 Å². The minimum atomic E-state index is -4.61. The Bertz CT molecular complexity index is 1380. The van der Waals surface area contributed by atoms with Gasteiger partial charge in [-0.3, -0.25) is 9.48 Å². The van der Waals surface area contributed by atoms with Gasteiger partial charge in [-0.1, -0.05) is 24.8 Å². The molecule has 1 saturated carbocycles. The molecular formula is C28H31F3N6O. The van der Waals surface area contributed by atoms with Crippen LogP contribution >= 0.6 is 0 Å². The molecule has 1 aromatic carbocycles. The van der Waals surface area contributed by atoms with Crippen LogP contribution in [-0.4, -0.2) is 52.5 Å². The number of nitrogens with zero attached hydrogens (tertiary/aromatic N) is 3. The third kappa shape index (κ3) is 5.45. The van der Waals surface area contributed by atoms with Gasteiger partial charge in [0.2, 0.25) is 0 Å². The van der Waals surface area contributed by atoms with E-state index >= 15 is 0 Å². The van der Waals surface area contributed by atoms with Crippen molar-refractivity contribution in [1.29, 1.82) is 0 Å². The molecule has 1 saturated heterocycles. The number of aryl methyl sites for hydroxylation is 1. The molecule has 2 fully saturated rings. The number of benzene rings is 1. The highest BCUT2D eigenvalue weighted by atomic mass is 19.4. The van der Waals surface area contributed by atoms with Crippen molar-refractivity contribution in [2.45, 2.75) is 37.9 Å². The summed E-state index contributed by atoms with van der Waals surface area (Å²) in [5.41, 5.74) is 0.798. The summed E-state index contributed by atoms with van der Waals surface area (Å²) in [5.74, 6) is -0.293. The first-order valence-electron chi connectivity index (χ1n) is 12.7. The van der Waals surface area contributed by atoms with Crippen molar-refractivity contribution in [2.75, 3.05) is 25.0 Å². The molecule has 1 aliphatic heterocycles. The van der Waals surface area contributed by atoms with Crippen LogP contribution in [0, 0.1) is 5.41 Å². The van der Waals surface area contributed by atoms with Crippen molar-refractivity contribution in [1.82, 2.24) is 25.4 Å². The second kappa shape index (κ2) is 10.2. The minimum Gasteiger partial charge on any atom is -0.382 e. The number of nitrogens with one attached hydrogen (secondary N) is 3. The Labute approximate surface area is 219 Å². The zero-order valence-corrected chi connectivity index (χ0v) is 21.2. The van der Waals surface area contributed by atoms with Crippen LogP contribution in [0.5, 0.6) is 0 Å². The van der Waals surface area contributed by atoms with E-state index in [0.29, 0.717) is 27.4 Å². The molecule has 0 bridgehead atoms. The number of hydrogen-bond acceptors (Lipinski definition) is 5. The predicted octanol–water partition coefficient (Wildman–Crippen LogP) is 4.93. The van der Waals surface area contributed by atoms with Crippen LogP contribution in [0.2, 0.25) is 0 Å². The van der Waals surface area contributed by atoms with E-state index in [9.17, 15) is 18.0 Å². The predicted molar refractivity (Wildman–Crippen MR) is 143 cm³/mol. The maximum absolute atomic E-state index is 13.7. The normalized spacial score (nSPS) is 17.6. The summed E-state index contributed by atoms with van der Waals surface area (Å²) >= 11 is 0. The first-order chi connectivity index (χ1) is 18.1. The lowest BCUT2D eigenvalue weighted by atomic mass is 9.68. The van der Waals surface area contributed by atoms with Crippen LogP contribution in [0.25, 0.3) is 22.4 Å². The van der Waals surface area contributed by atoms with Gasteiger partial charge < -0.3 is 16.0 Å². The summed E-state index contributed by atoms with van der Waals surface area (Å²) in [6.45, 7) is 5.64. The van der Waals surface area contributed by atoms with Crippen molar-refractivity contribution in [3.63, 3.8) is 0 Å². The maximum atomic E-state index is 13.7. The van der Waals surface area contributed by atoms with E-state index in [2.05, 4.69) is 32.6 Å². The van der Waals surface area contributed by atoms with Crippen molar-refractivity contribution < 1.29 is 18.0 Å². The fourth-order valence-electron chi connectivity index (χ4n) is 5.27. The molecule has 2 aliphatic rings. The first-order valence-corrected chi connectivity index (χ1v) is 12.7. The van der Waals surface area contributed by atoms with E-state index in [-0.39, 0.29) is 24.2 Å². The Balaban J connectivity index is 1.39. The van der Waals surface area contributed by atoms with Crippen LogP contribution in [0.3, 0.4) is 0 Å². The Morgan fingerprint density at radius 1 is 1.26 bits per heavy atom. The van der Waals surface area contributed by atoms with E-state index in [1.807, 2.05) is 6.07 Å². The van der Waals surface area contributed by atoms with Crippen LogP contribution in [0.1, 0.15) is 47.4 Å². The van der Waals surface area contributed by atoms with Gasteiger partial charge in [-0.25, -0.2) is 4.98 Å². The van der Waals surface area contributed by atoms with E-state index in [1.165, 1.54) is 10.9 Å². The number of pyridine rings is 1.